The molecule has 3 aromatic rings. The van der Waals surface area contributed by atoms with E-state index in [2.05, 4.69) is 10.5 Å². The van der Waals surface area contributed by atoms with Gasteiger partial charge < -0.3 is 19.5 Å². The minimum atomic E-state index is -0.241. The lowest BCUT2D eigenvalue weighted by Crippen LogP contribution is -2.38. The highest BCUT2D eigenvalue weighted by molar-refractivity contribution is 5.97. The predicted octanol–water partition coefficient (Wildman–Crippen LogP) is 2.30. The Kier molecular flexibility index (Phi) is 4.50. The monoisotopic (exact) mass is 365 g/mol. The van der Waals surface area contributed by atoms with Gasteiger partial charge in [-0.05, 0) is 24.3 Å². The number of carbonyl (C=O) groups is 2. The molecule has 1 saturated heterocycles. The standard InChI is InChI=1S/C20H19N3O4/c1-26-15-6-4-5-14(10-15)23-12-13(9-20(23)25)21-19(24)11-17-16-7-2-3-8-18(16)27-22-17/h2-8,10,13H,9,11-12H2,1H3,(H,21,24)/t13-/m1/s1. The molecule has 7 heteroatoms. The van der Waals surface area contributed by atoms with Crippen molar-refractivity contribution in [2.75, 3.05) is 18.6 Å². The largest absolute Gasteiger partial charge is 0.497 e. The molecule has 7 nitrogen and oxygen atoms in total. The molecule has 0 unspecified atom stereocenters. The van der Waals surface area contributed by atoms with E-state index in [9.17, 15) is 9.59 Å². The summed E-state index contributed by atoms with van der Waals surface area (Å²) < 4.78 is 10.4. The van der Waals surface area contributed by atoms with Crippen LogP contribution < -0.4 is 15.0 Å². The molecule has 2 aromatic carbocycles. The van der Waals surface area contributed by atoms with Crippen molar-refractivity contribution in [2.24, 2.45) is 0 Å². The first kappa shape index (κ1) is 17.1. The van der Waals surface area contributed by atoms with E-state index in [4.69, 9.17) is 9.26 Å². The van der Waals surface area contributed by atoms with Crippen molar-refractivity contribution < 1.29 is 18.8 Å². The fourth-order valence-corrected chi connectivity index (χ4v) is 3.33. The summed E-state index contributed by atoms with van der Waals surface area (Å²) in [6, 6.07) is 14.5. The topological polar surface area (TPSA) is 84.7 Å². The molecule has 138 valence electrons. The minimum Gasteiger partial charge on any atom is -0.497 e. The second kappa shape index (κ2) is 7.11. The summed E-state index contributed by atoms with van der Waals surface area (Å²) >= 11 is 0. The summed E-state index contributed by atoms with van der Waals surface area (Å²) in [4.78, 5) is 26.4. The van der Waals surface area contributed by atoms with Gasteiger partial charge in [-0.3, -0.25) is 9.59 Å². The lowest BCUT2D eigenvalue weighted by molar-refractivity contribution is -0.121. The molecule has 0 bridgehead atoms. The number of rotatable bonds is 5. The maximum Gasteiger partial charge on any atom is 0.229 e. The van der Waals surface area contributed by atoms with Crippen LogP contribution in [-0.2, 0) is 16.0 Å². The summed E-state index contributed by atoms with van der Waals surface area (Å²) in [5, 5.41) is 7.73. The van der Waals surface area contributed by atoms with Crippen LogP contribution in [0.25, 0.3) is 11.0 Å². The highest BCUT2D eigenvalue weighted by Crippen LogP contribution is 2.25. The molecule has 2 amide bonds. The zero-order valence-corrected chi connectivity index (χ0v) is 14.8. The predicted molar refractivity (Wildman–Crippen MR) is 99.6 cm³/mol. The first-order chi connectivity index (χ1) is 13.1. The highest BCUT2D eigenvalue weighted by atomic mass is 16.5. The molecular weight excluding hydrogens is 346 g/mol. The zero-order valence-electron chi connectivity index (χ0n) is 14.8. The number of fused-ring (bicyclic) bond motifs is 1. The lowest BCUT2D eigenvalue weighted by atomic mass is 10.1. The van der Waals surface area contributed by atoms with Crippen LogP contribution in [0.1, 0.15) is 12.1 Å². The summed E-state index contributed by atoms with van der Waals surface area (Å²) in [5.41, 5.74) is 2.01. The van der Waals surface area contributed by atoms with Crippen molar-refractivity contribution in [3.8, 4) is 5.75 Å². The number of para-hydroxylation sites is 1. The molecule has 2 heterocycles. The Morgan fingerprint density at radius 1 is 1.30 bits per heavy atom. The van der Waals surface area contributed by atoms with E-state index in [1.807, 2.05) is 48.5 Å². The number of nitrogens with zero attached hydrogens (tertiary/aromatic N) is 2. The number of ether oxygens (including phenoxy) is 1. The van der Waals surface area contributed by atoms with Gasteiger partial charge in [0.25, 0.3) is 0 Å². The number of anilines is 1. The fraction of sp³-hybridized carbons (Fsp3) is 0.250. The van der Waals surface area contributed by atoms with Crippen molar-refractivity contribution >= 4 is 28.5 Å². The van der Waals surface area contributed by atoms with Gasteiger partial charge in [-0.2, -0.15) is 0 Å². The van der Waals surface area contributed by atoms with E-state index in [0.29, 0.717) is 23.6 Å². The second-order valence-electron chi connectivity index (χ2n) is 6.48. The van der Waals surface area contributed by atoms with Gasteiger partial charge in [0.15, 0.2) is 5.58 Å². The minimum absolute atomic E-state index is 0.0274. The summed E-state index contributed by atoms with van der Waals surface area (Å²) in [6.45, 7) is 0.428. The van der Waals surface area contributed by atoms with Crippen molar-refractivity contribution in [2.45, 2.75) is 18.9 Å². The number of aromatic nitrogens is 1. The molecule has 0 aliphatic carbocycles. The lowest BCUT2D eigenvalue weighted by Gasteiger charge is -2.18. The van der Waals surface area contributed by atoms with Gasteiger partial charge in [0.05, 0.1) is 19.6 Å². The van der Waals surface area contributed by atoms with Crippen LogP contribution in [0.4, 0.5) is 5.69 Å². The van der Waals surface area contributed by atoms with E-state index >= 15 is 0 Å². The smallest absolute Gasteiger partial charge is 0.229 e. The van der Waals surface area contributed by atoms with E-state index in [1.165, 1.54) is 0 Å². The van der Waals surface area contributed by atoms with E-state index in [-0.39, 0.29) is 30.7 Å². The molecule has 1 atom stereocenters. The maximum absolute atomic E-state index is 12.4. The SMILES string of the molecule is COc1cccc(N2C[C@H](NC(=O)Cc3noc4ccccc34)CC2=O)c1. The van der Waals surface area contributed by atoms with Crippen molar-refractivity contribution in [1.29, 1.82) is 0 Å². The molecule has 1 aliphatic rings. The fourth-order valence-electron chi connectivity index (χ4n) is 3.33. The normalized spacial score (nSPS) is 16.7. The van der Waals surface area contributed by atoms with Gasteiger partial charge in [0.1, 0.15) is 11.4 Å². The third-order valence-electron chi connectivity index (χ3n) is 4.64. The molecule has 1 N–H and O–H groups in total. The van der Waals surface area contributed by atoms with Crippen LogP contribution in [0.3, 0.4) is 0 Å². The van der Waals surface area contributed by atoms with Gasteiger partial charge in [-0.25, -0.2) is 0 Å². The van der Waals surface area contributed by atoms with Crippen LogP contribution in [0, 0.1) is 0 Å². The number of carbonyl (C=O) groups excluding carboxylic acids is 2. The van der Waals surface area contributed by atoms with Crippen LogP contribution in [0.5, 0.6) is 5.75 Å². The molecule has 0 spiro atoms. The Morgan fingerprint density at radius 3 is 3.00 bits per heavy atom. The summed E-state index contributed by atoms with van der Waals surface area (Å²) in [6.07, 6.45) is 0.378. The Morgan fingerprint density at radius 2 is 2.15 bits per heavy atom. The molecule has 4 rings (SSSR count). The van der Waals surface area contributed by atoms with Gasteiger partial charge >= 0.3 is 0 Å². The number of amides is 2. The Labute approximate surface area is 155 Å². The number of nitrogens with one attached hydrogen (secondary N) is 1. The van der Waals surface area contributed by atoms with Gasteiger partial charge in [-0.1, -0.05) is 23.4 Å². The maximum atomic E-state index is 12.4. The number of methoxy groups -OCH3 is 1. The summed E-state index contributed by atoms with van der Waals surface area (Å²) in [7, 11) is 1.58. The Hall–Kier alpha value is -3.35. The van der Waals surface area contributed by atoms with Crippen LogP contribution >= 0.6 is 0 Å². The number of hydrogen-bond acceptors (Lipinski definition) is 5. The molecule has 0 saturated carbocycles. The molecule has 0 radical (unpaired) electrons. The Balaban J connectivity index is 1.41. The van der Waals surface area contributed by atoms with Crippen LogP contribution in [-0.4, -0.2) is 36.7 Å². The van der Waals surface area contributed by atoms with Crippen molar-refractivity contribution in [1.82, 2.24) is 10.5 Å². The third-order valence-corrected chi connectivity index (χ3v) is 4.64. The van der Waals surface area contributed by atoms with Gasteiger partial charge in [0, 0.05) is 30.1 Å². The quantitative estimate of drug-likeness (QED) is 0.750. The first-order valence-electron chi connectivity index (χ1n) is 8.71. The van der Waals surface area contributed by atoms with E-state index < -0.39 is 0 Å². The zero-order chi connectivity index (χ0) is 18.8. The van der Waals surface area contributed by atoms with Crippen LogP contribution in [0.2, 0.25) is 0 Å². The average molecular weight is 365 g/mol. The average Bonchev–Trinajstić information content (AvgIpc) is 3.25. The molecule has 27 heavy (non-hydrogen) atoms. The third kappa shape index (κ3) is 3.48. The molecule has 1 aromatic heterocycles. The second-order valence-corrected chi connectivity index (χ2v) is 6.48. The van der Waals surface area contributed by atoms with Crippen molar-refractivity contribution in [3.63, 3.8) is 0 Å². The van der Waals surface area contributed by atoms with Gasteiger partial charge in [-0.15, -0.1) is 0 Å². The van der Waals surface area contributed by atoms with Crippen LogP contribution in [0.15, 0.2) is 53.1 Å². The van der Waals surface area contributed by atoms with E-state index in [1.54, 1.807) is 12.0 Å². The van der Waals surface area contributed by atoms with Crippen molar-refractivity contribution in [3.05, 3.63) is 54.2 Å². The molecule has 1 aliphatic heterocycles. The molecule has 1 fully saturated rings. The Bertz CT molecular complexity index is 998. The van der Waals surface area contributed by atoms with Gasteiger partial charge in [0.2, 0.25) is 11.8 Å². The number of benzene rings is 2. The highest BCUT2D eigenvalue weighted by Gasteiger charge is 2.32. The number of hydrogen-bond donors (Lipinski definition) is 1. The molecular formula is C20H19N3O4. The summed E-state index contributed by atoms with van der Waals surface area (Å²) in [5.74, 6) is 0.477. The van der Waals surface area contributed by atoms with E-state index in [0.717, 1.165) is 11.1 Å². The first-order valence-corrected chi connectivity index (χ1v) is 8.71.